The summed E-state index contributed by atoms with van der Waals surface area (Å²) in [4.78, 5) is 31.1. The van der Waals surface area contributed by atoms with Crippen molar-refractivity contribution in [3.63, 3.8) is 0 Å². The number of nitrogens with zero attached hydrogens (tertiary/aromatic N) is 1. The molecule has 3 aliphatic rings. The number of hydrogen-bond donors (Lipinski definition) is 2. The molecule has 2 N–H and O–H groups in total. The smallest absolute Gasteiger partial charge is 0.374 e. The summed E-state index contributed by atoms with van der Waals surface area (Å²) < 4.78 is 43.2. The van der Waals surface area contributed by atoms with E-state index in [2.05, 4.69) is 15.8 Å². The van der Waals surface area contributed by atoms with Crippen molar-refractivity contribution in [3.05, 3.63) is 54.7 Å². The normalized spacial score (nSPS) is 24.0. The topological polar surface area (TPSA) is 79.8 Å². The van der Waals surface area contributed by atoms with Crippen molar-refractivity contribution >= 4 is 52.1 Å². The average molecular weight is 546 g/mol. The number of rotatable bonds is 4. The zero-order valence-electron chi connectivity index (χ0n) is 18.2. The van der Waals surface area contributed by atoms with Crippen LogP contribution in [0.1, 0.15) is 56.9 Å². The van der Waals surface area contributed by atoms with Gasteiger partial charge in [-0.1, -0.05) is 28.4 Å². The third-order valence-corrected chi connectivity index (χ3v) is 8.32. The Hall–Kier alpha value is -2.30. The minimum Gasteiger partial charge on any atom is -0.374 e. The van der Waals surface area contributed by atoms with Crippen molar-refractivity contribution in [1.29, 1.82) is 0 Å². The summed E-state index contributed by atoms with van der Waals surface area (Å²) in [6.45, 7) is 0.485. The van der Waals surface area contributed by atoms with Crippen LogP contribution in [0.25, 0.3) is 0 Å². The number of fused-ring (bicyclic) bond motifs is 1. The average Bonchev–Trinajstić information content (AvgIpc) is 3.50. The monoisotopic (exact) mass is 545 g/mol. The molecule has 2 amide bonds. The number of oxime groups is 1. The molecule has 2 aliphatic heterocycles. The molecule has 12 heteroatoms. The fourth-order valence-electron chi connectivity index (χ4n) is 4.82. The van der Waals surface area contributed by atoms with E-state index in [-0.39, 0.29) is 27.2 Å². The van der Waals surface area contributed by atoms with Gasteiger partial charge in [-0.15, -0.1) is 11.3 Å². The van der Waals surface area contributed by atoms with Crippen molar-refractivity contribution < 1.29 is 27.6 Å². The number of alkyl halides is 3. The van der Waals surface area contributed by atoms with E-state index in [9.17, 15) is 22.8 Å². The molecule has 0 bridgehead atoms. The number of benzene rings is 1. The second-order valence-corrected chi connectivity index (χ2v) is 10.7. The van der Waals surface area contributed by atoms with Crippen LogP contribution in [0.4, 0.5) is 13.2 Å². The van der Waals surface area contributed by atoms with Crippen LogP contribution >= 0.6 is 34.5 Å². The van der Waals surface area contributed by atoms with Crippen LogP contribution < -0.4 is 10.6 Å². The van der Waals surface area contributed by atoms with Gasteiger partial charge >= 0.3 is 6.18 Å². The van der Waals surface area contributed by atoms with Crippen molar-refractivity contribution in [1.82, 2.24) is 10.6 Å². The standard InChI is InChI=1S/C23H20Cl2F3N3O3S/c24-12-7-11(8-13(25)9-12)22(23(26,27)28)10-17(31-34-22)18-14-3-1-2-4-15(14)19(35-18)21(33)30-16-5-6-29-20(16)32/h7-9,16H,1-6,10H2,(H,29,32)(H,30,33)/t16-,22-/m1/s1. The highest BCUT2D eigenvalue weighted by atomic mass is 35.5. The number of halogens is 5. The quantitative estimate of drug-likeness (QED) is 0.558. The Morgan fingerprint density at radius 3 is 2.49 bits per heavy atom. The van der Waals surface area contributed by atoms with Crippen molar-refractivity contribution in [2.75, 3.05) is 6.54 Å². The zero-order valence-corrected chi connectivity index (χ0v) is 20.6. The Labute approximate surface area is 212 Å². The molecule has 1 saturated heterocycles. The molecule has 0 spiro atoms. The first-order chi connectivity index (χ1) is 16.6. The lowest BCUT2D eigenvalue weighted by Gasteiger charge is -2.29. The molecule has 0 radical (unpaired) electrons. The van der Waals surface area contributed by atoms with Gasteiger partial charge in [0.1, 0.15) is 11.8 Å². The molecule has 3 heterocycles. The third-order valence-electron chi connectivity index (χ3n) is 6.56. The summed E-state index contributed by atoms with van der Waals surface area (Å²) in [7, 11) is 0. The summed E-state index contributed by atoms with van der Waals surface area (Å²) in [5.74, 6) is -0.641. The molecule has 0 saturated carbocycles. The van der Waals surface area contributed by atoms with Crippen LogP contribution in [0.3, 0.4) is 0 Å². The van der Waals surface area contributed by atoms with Gasteiger partial charge in [0.05, 0.1) is 16.2 Å². The molecule has 186 valence electrons. The predicted octanol–water partition coefficient (Wildman–Crippen LogP) is 5.13. The van der Waals surface area contributed by atoms with E-state index in [1.807, 2.05) is 0 Å². The molecule has 1 aromatic heterocycles. The number of nitrogens with one attached hydrogen (secondary N) is 2. The predicted molar refractivity (Wildman–Crippen MR) is 126 cm³/mol. The number of hydrogen-bond acceptors (Lipinski definition) is 5. The molecule has 0 unspecified atom stereocenters. The van der Waals surface area contributed by atoms with E-state index in [4.69, 9.17) is 28.0 Å². The van der Waals surface area contributed by atoms with Crippen LogP contribution in [0.15, 0.2) is 23.4 Å². The first kappa shape index (κ1) is 24.4. The molecule has 35 heavy (non-hydrogen) atoms. The number of carbonyl (C=O) groups excluding carboxylic acids is 2. The number of thiophene rings is 1. The van der Waals surface area contributed by atoms with Crippen molar-refractivity contribution in [2.24, 2.45) is 5.16 Å². The van der Waals surface area contributed by atoms with Gasteiger partial charge in [-0.2, -0.15) is 13.2 Å². The van der Waals surface area contributed by atoms with Crippen molar-refractivity contribution in [3.8, 4) is 0 Å². The van der Waals surface area contributed by atoms with Gasteiger partial charge < -0.3 is 15.5 Å². The van der Waals surface area contributed by atoms with E-state index in [1.54, 1.807) is 0 Å². The molecule has 1 aliphatic carbocycles. The van der Waals surface area contributed by atoms with Crippen molar-refractivity contribution in [2.45, 2.75) is 56.3 Å². The molecular weight excluding hydrogens is 526 g/mol. The summed E-state index contributed by atoms with van der Waals surface area (Å²) >= 11 is 13.1. The first-order valence-electron chi connectivity index (χ1n) is 11.1. The molecule has 2 aromatic rings. The lowest BCUT2D eigenvalue weighted by atomic mass is 9.85. The van der Waals surface area contributed by atoms with Gasteiger partial charge in [-0.05, 0) is 61.4 Å². The van der Waals surface area contributed by atoms with Gasteiger partial charge in [0, 0.05) is 22.2 Å². The number of carbonyl (C=O) groups is 2. The van der Waals surface area contributed by atoms with Crippen LogP contribution in [0.2, 0.25) is 10.0 Å². The summed E-state index contributed by atoms with van der Waals surface area (Å²) in [5.41, 5.74) is -1.22. The SMILES string of the molecule is O=C(N[C@@H]1CCNC1=O)c1sc(C2=NO[C@](c3cc(Cl)cc(Cl)c3)(C(F)(F)F)C2)c2c1CCCC2. The van der Waals surface area contributed by atoms with Crippen LogP contribution in [-0.4, -0.2) is 36.3 Å². The van der Waals surface area contributed by atoms with E-state index in [1.165, 1.54) is 18.2 Å². The lowest BCUT2D eigenvalue weighted by molar-refractivity contribution is -0.275. The molecule has 1 fully saturated rings. The van der Waals surface area contributed by atoms with Gasteiger partial charge in [-0.3, -0.25) is 9.59 Å². The summed E-state index contributed by atoms with van der Waals surface area (Å²) in [6.07, 6.45) is -1.92. The second kappa shape index (κ2) is 8.97. The maximum Gasteiger partial charge on any atom is 0.435 e. The lowest BCUT2D eigenvalue weighted by Crippen LogP contribution is -2.42. The minimum atomic E-state index is -4.81. The van der Waals surface area contributed by atoms with E-state index < -0.39 is 30.1 Å². The maximum absolute atomic E-state index is 14.4. The maximum atomic E-state index is 14.4. The Balaban J connectivity index is 1.50. The van der Waals surface area contributed by atoms with E-state index >= 15 is 0 Å². The highest BCUT2D eigenvalue weighted by Crippen LogP contribution is 2.51. The molecular formula is C23H20Cl2F3N3O3S. The Bertz CT molecular complexity index is 1230. The molecule has 2 atom stereocenters. The minimum absolute atomic E-state index is 0.0524. The Kier molecular flexibility index (Phi) is 6.26. The van der Waals surface area contributed by atoms with Crippen LogP contribution in [0.5, 0.6) is 0 Å². The van der Waals surface area contributed by atoms with Gasteiger partial charge in [0.15, 0.2) is 0 Å². The highest BCUT2D eigenvalue weighted by Gasteiger charge is 2.62. The summed E-state index contributed by atoms with van der Waals surface area (Å²) in [5, 5.41) is 9.42. The Morgan fingerprint density at radius 1 is 1.17 bits per heavy atom. The van der Waals surface area contributed by atoms with Gasteiger partial charge in [0.2, 0.25) is 5.91 Å². The fourth-order valence-corrected chi connectivity index (χ4v) is 6.62. The largest absolute Gasteiger partial charge is 0.435 e. The fraction of sp³-hybridized carbons (Fsp3) is 0.435. The zero-order chi connectivity index (χ0) is 25.0. The highest BCUT2D eigenvalue weighted by molar-refractivity contribution is 7.16. The summed E-state index contributed by atoms with van der Waals surface area (Å²) in [6, 6.07) is 3.08. The molecule has 1 aromatic carbocycles. The van der Waals surface area contributed by atoms with Gasteiger partial charge in [-0.25, -0.2) is 0 Å². The van der Waals surface area contributed by atoms with E-state index in [0.717, 1.165) is 35.3 Å². The van der Waals surface area contributed by atoms with Crippen LogP contribution in [0, 0.1) is 0 Å². The molecule has 6 nitrogen and oxygen atoms in total. The number of amides is 2. The molecule has 5 rings (SSSR count). The second-order valence-electron chi connectivity index (χ2n) is 8.82. The Morgan fingerprint density at radius 2 is 1.86 bits per heavy atom. The van der Waals surface area contributed by atoms with Crippen LogP contribution in [-0.2, 0) is 28.1 Å². The third kappa shape index (κ3) is 4.29. The van der Waals surface area contributed by atoms with E-state index in [0.29, 0.717) is 35.6 Å². The van der Waals surface area contributed by atoms with Gasteiger partial charge in [0.25, 0.3) is 11.5 Å². The first-order valence-corrected chi connectivity index (χ1v) is 12.7.